The number of benzene rings is 2. The van der Waals surface area contributed by atoms with Gasteiger partial charge >= 0.3 is 0 Å². The van der Waals surface area contributed by atoms with Crippen molar-refractivity contribution in [3.63, 3.8) is 0 Å². The molecule has 0 bridgehead atoms. The van der Waals surface area contributed by atoms with E-state index >= 15 is 0 Å². The van der Waals surface area contributed by atoms with Crippen LogP contribution in [0.2, 0.25) is 0 Å². The van der Waals surface area contributed by atoms with Gasteiger partial charge in [0.2, 0.25) is 17.7 Å². The first-order chi connectivity index (χ1) is 12.4. The zero-order valence-corrected chi connectivity index (χ0v) is 14.8. The summed E-state index contributed by atoms with van der Waals surface area (Å²) in [6, 6.07) is 14.6. The van der Waals surface area contributed by atoms with E-state index < -0.39 is 0 Å². The summed E-state index contributed by atoms with van der Waals surface area (Å²) in [6.07, 6.45) is 0.186. The summed E-state index contributed by atoms with van der Waals surface area (Å²) in [5.74, 6) is -0.775. The van der Waals surface area contributed by atoms with Crippen molar-refractivity contribution >= 4 is 34.8 Å². The van der Waals surface area contributed by atoms with Crippen molar-refractivity contribution in [1.82, 2.24) is 0 Å². The van der Waals surface area contributed by atoms with E-state index in [0.717, 1.165) is 16.9 Å². The summed E-state index contributed by atoms with van der Waals surface area (Å²) >= 11 is 0. The minimum Gasteiger partial charge on any atom is -0.326 e. The van der Waals surface area contributed by atoms with Crippen LogP contribution in [-0.2, 0) is 14.4 Å². The molecule has 2 aromatic rings. The zero-order chi connectivity index (χ0) is 18.7. The van der Waals surface area contributed by atoms with Crippen molar-refractivity contribution < 1.29 is 14.4 Å². The fourth-order valence-corrected chi connectivity index (χ4v) is 2.94. The van der Waals surface area contributed by atoms with Crippen LogP contribution in [0.5, 0.6) is 0 Å². The predicted molar refractivity (Wildman–Crippen MR) is 101 cm³/mol. The van der Waals surface area contributed by atoms with Crippen molar-refractivity contribution in [2.75, 3.05) is 22.1 Å². The average Bonchev–Trinajstić information content (AvgIpc) is 2.99. The summed E-state index contributed by atoms with van der Waals surface area (Å²) in [4.78, 5) is 37.5. The average molecular weight is 351 g/mol. The molecule has 0 spiro atoms. The smallest absolute Gasteiger partial charge is 0.229 e. The lowest BCUT2D eigenvalue weighted by molar-refractivity contribution is -0.122. The molecule has 1 saturated heterocycles. The zero-order valence-electron chi connectivity index (χ0n) is 14.8. The van der Waals surface area contributed by atoms with Crippen molar-refractivity contribution in [3.05, 3.63) is 54.1 Å². The van der Waals surface area contributed by atoms with E-state index in [1.54, 1.807) is 29.2 Å². The van der Waals surface area contributed by atoms with E-state index in [4.69, 9.17) is 0 Å². The molecule has 1 aliphatic heterocycles. The number of hydrogen-bond acceptors (Lipinski definition) is 3. The minimum atomic E-state index is -0.390. The van der Waals surface area contributed by atoms with Crippen LogP contribution in [0.15, 0.2) is 48.5 Å². The third-order valence-electron chi connectivity index (χ3n) is 4.31. The van der Waals surface area contributed by atoms with E-state index in [0.29, 0.717) is 12.2 Å². The summed E-state index contributed by atoms with van der Waals surface area (Å²) in [5.41, 5.74) is 3.23. The Hall–Kier alpha value is -3.15. The second-order valence-electron chi connectivity index (χ2n) is 6.49. The number of anilines is 3. The first-order valence-electron chi connectivity index (χ1n) is 8.48. The number of carbonyl (C=O) groups excluding carboxylic acids is 3. The third-order valence-corrected chi connectivity index (χ3v) is 4.31. The van der Waals surface area contributed by atoms with Crippen molar-refractivity contribution in [2.24, 2.45) is 5.92 Å². The van der Waals surface area contributed by atoms with Gasteiger partial charge in [-0.15, -0.1) is 0 Å². The van der Waals surface area contributed by atoms with E-state index in [2.05, 4.69) is 10.6 Å². The van der Waals surface area contributed by atoms with Crippen molar-refractivity contribution in [3.8, 4) is 0 Å². The standard InChI is InChI=1S/C20H21N3O3/c1-13-3-5-17(6-4-13)22-20(26)15-11-19(25)23(12-15)18-9-7-16(8-10-18)21-14(2)24/h3-10,15H,11-12H2,1-2H3,(H,21,24)(H,22,26). The maximum atomic E-state index is 12.5. The van der Waals surface area contributed by atoms with Crippen LogP contribution in [-0.4, -0.2) is 24.3 Å². The van der Waals surface area contributed by atoms with E-state index in [-0.39, 0.29) is 30.1 Å². The number of amides is 3. The Bertz CT molecular complexity index is 828. The van der Waals surface area contributed by atoms with Gasteiger partial charge in [0.05, 0.1) is 5.92 Å². The molecule has 134 valence electrons. The Kier molecular flexibility index (Phi) is 5.02. The van der Waals surface area contributed by atoms with Crippen LogP contribution >= 0.6 is 0 Å². The molecule has 0 saturated carbocycles. The topological polar surface area (TPSA) is 78.5 Å². The first kappa shape index (κ1) is 17.7. The Labute approximate surface area is 152 Å². The van der Waals surface area contributed by atoms with Gasteiger partial charge in [-0.05, 0) is 43.3 Å². The normalized spacial score (nSPS) is 16.5. The van der Waals surface area contributed by atoms with Crippen LogP contribution in [0.25, 0.3) is 0 Å². The van der Waals surface area contributed by atoms with Gasteiger partial charge in [-0.3, -0.25) is 14.4 Å². The fourth-order valence-electron chi connectivity index (χ4n) is 2.94. The SMILES string of the molecule is CC(=O)Nc1ccc(N2CC(C(=O)Nc3ccc(C)cc3)CC2=O)cc1. The molecule has 0 aliphatic carbocycles. The molecule has 2 N–H and O–H groups in total. The van der Waals surface area contributed by atoms with Gasteiger partial charge in [-0.25, -0.2) is 0 Å². The number of rotatable bonds is 4. The second kappa shape index (κ2) is 7.39. The number of nitrogens with one attached hydrogen (secondary N) is 2. The predicted octanol–water partition coefficient (Wildman–Crippen LogP) is 2.95. The molecule has 26 heavy (non-hydrogen) atoms. The number of nitrogens with zero attached hydrogens (tertiary/aromatic N) is 1. The molecular weight excluding hydrogens is 330 g/mol. The Morgan fingerprint density at radius 2 is 1.54 bits per heavy atom. The Morgan fingerprint density at radius 1 is 0.962 bits per heavy atom. The summed E-state index contributed by atoms with van der Waals surface area (Å²) < 4.78 is 0. The highest BCUT2D eigenvalue weighted by Gasteiger charge is 2.35. The lowest BCUT2D eigenvalue weighted by atomic mass is 10.1. The molecule has 0 radical (unpaired) electrons. The molecule has 1 unspecified atom stereocenters. The van der Waals surface area contributed by atoms with Gasteiger partial charge in [0.25, 0.3) is 0 Å². The van der Waals surface area contributed by atoms with Crippen molar-refractivity contribution in [1.29, 1.82) is 0 Å². The minimum absolute atomic E-state index is 0.0821. The molecule has 6 heteroatoms. The Balaban J connectivity index is 1.65. The van der Waals surface area contributed by atoms with E-state index in [1.807, 2.05) is 31.2 Å². The Morgan fingerprint density at radius 3 is 2.15 bits per heavy atom. The molecule has 1 heterocycles. The summed E-state index contributed by atoms with van der Waals surface area (Å²) in [6.45, 7) is 3.77. The third kappa shape index (κ3) is 4.08. The van der Waals surface area contributed by atoms with Gasteiger partial charge < -0.3 is 15.5 Å². The summed E-state index contributed by atoms with van der Waals surface area (Å²) in [7, 11) is 0. The summed E-state index contributed by atoms with van der Waals surface area (Å²) in [5, 5.41) is 5.55. The lowest BCUT2D eigenvalue weighted by Gasteiger charge is -2.17. The molecule has 6 nitrogen and oxygen atoms in total. The van der Waals surface area contributed by atoms with Crippen LogP contribution in [0.4, 0.5) is 17.1 Å². The maximum absolute atomic E-state index is 12.5. The molecule has 1 atom stereocenters. The highest BCUT2D eigenvalue weighted by atomic mass is 16.2. The molecule has 3 amide bonds. The van der Waals surface area contributed by atoms with Crippen LogP contribution in [0, 0.1) is 12.8 Å². The number of hydrogen-bond donors (Lipinski definition) is 2. The quantitative estimate of drug-likeness (QED) is 0.889. The fraction of sp³-hybridized carbons (Fsp3) is 0.250. The highest BCUT2D eigenvalue weighted by Crippen LogP contribution is 2.27. The number of aryl methyl sites for hydroxylation is 1. The first-order valence-corrected chi connectivity index (χ1v) is 8.48. The molecule has 3 rings (SSSR count). The van der Waals surface area contributed by atoms with Crippen LogP contribution in [0.1, 0.15) is 18.9 Å². The molecule has 2 aromatic carbocycles. The van der Waals surface area contributed by atoms with Gasteiger partial charge in [-0.2, -0.15) is 0 Å². The second-order valence-corrected chi connectivity index (χ2v) is 6.49. The molecule has 0 aromatic heterocycles. The van der Waals surface area contributed by atoms with Crippen LogP contribution in [0.3, 0.4) is 0 Å². The van der Waals surface area contributed by atoms with Gasteiger partial charge in [0.1, 0.15) is 0 Å². The highest BCUT2D eigenvalue weighted by molar-refractivity contribution is 6.03. The van der Waals surface area contributed by atoms with Gasteiger partial charge in [0.15, 0.2) is 0 Å². The lowest BCUT2D eigenvalue weighted by Crippen LogP contribution is -2.28. The largest absolute Gasteiger partial charge is 0.326 e. The van der Waals surface area contributed by atoms with E-state index in [9.17, 15) is 14.4 Å². The van der Waals surface area contributed by atoms with Gasteiger partial charge in [-0.1, -0.05) is 17.7 Å². The number of carbonyl (C=O) groups is 3. The molecule has 1 fully saturated rings. The van der Waals surface area contributed by atoms with E-state index in [1.165, 1.54) is 6.92 Å². The van der Waals surface area contributed by atoms with Crippen LogP contribution < -0.4 is 15.5 Å². The monoisotopic (exact) mass is 351 g/mol. The van der Waals surface area contributed by atoms with Crippen molar-refractivity contribution in [2.45, 2.75) is 20.3 Å². The maximum Gasteiger partial charge on any atom is 0.229 e. The van der Waals surface area contributed by atoms with Gasteiger partial charge in [0, 0.05) is 37.0 Å². The molecule has 1 aliphatic rings. The molecular formula is C20H21N3O3.